The number of thiophene rings is 1. The van der Waals surface area contributed by atoms with Crippen molar-refractivity contribution in [1.29, 1.82) is 0 Å². The third-order valence-electron chi connectivity index (χ3n) is 2.53. The van der Waals surface area contributed by atoms with E-state index in [-0.39, 0.29) is 5.56 Å². The predicted octanol–water partition coefficient (Wildman–Crippen LogP) is 0.765. The zero-order valence-corrected chi connectivity index (χ0v) is 10.6. The molecule has 0 aromatic carbocycles. The number of nitrogens with zero attached hydrogens (tertiary/aromatic N) is 2. The zero-order valence-electron chi connectivity index (χ0n) is 9.77. The Morgan fingerprint density at radius 1 is 1.59 bits per heavy atom. The largest absolute Gasteiger partial charge is 0.330 e. The molecule has 92 valence electrons. The van der Waals surface area contributed by atoms with Gasteiger partial charge in [-0.05, 0) is 38.0 Å². The summed E-state index contributed by atoms with van der Waals surface area (Å²) in [4.78, 5) is 21.1. The molecule has 0 aliphatic carbocycles. The van der Waals surface area contributed by atoms with Crippen LogP contribution in [0.15, 0.2) is 16.2 Å². The number of H-pyrrole nitrogens is 1. The van der Waals surface area contributed by atoms with Gasteiger partial charge in [0.05, 0.1) is 12.1 Å². The molecule has 17 heavy (non-hydrogen) atoms. The van der Waals surface area contributed by atoms with Crippen LogP contribution in [0.3, 0.4) is 0 Å². The van der Waals surface area contributed by atoms with Gasteiger partial charge in [0.2, 0.25) is 0 Å². The maximum Gasteiger partial charge on any atom is 0.268 e. The normalized spacial score (nSPS) is 11.5. The monoisotopic (exact) mass is 252 g/mol. The highest BCUT2D eigenvalue weighted by Crippen LogP contribution is 2.13. The van der Waals surface area contributed by atoms with Crippen molar-refractivity contribution in [2.45, 2.75) is 13.0 Å². The summed E-state index contributed by atoms with van der Waals surface area (Å²) in [5.74, 6) is 0.709. The van der Waals surface area contributed by atoms with Gasteiger partial charge in [-0.2, -0.15) is 0 Å². The highest BCUT2D eigenvalue weighted by molar-refractivity contribution is 7.17. The fourth-order valence-electron chi connectivity index (χ4n) is 1.69. The maximum absolute atomic E-state index is 11.7. The van der Waals surface area contributed by atoms with Crippen LogP contribution in [0.2, 0.25) is 0 Å². The molecule has 2 aromatic heterocycles. The van der Waals surface area contributed by atoms with Gasteiger partial charge in [-0.1, -0.05) is 0 Å². The standard InChI is InChI=1S/C11H16N4OS/c1-15(5-2-4-12)7-9-13-8-3-6-17-10(8)11(16)14-9/h3,6H,2,4-5,7,12H2,1H3,(H,13,14,16). The lowest BCUT2D eigenvalue weighted by Gasteiger charge is -2.14. The van der Waals surface area contributed by atoms with Gasteiger partial charge in [-0.15, -0.1) is 11.3 Å². The average molecular weight is 252 g/mol. The molecular weight excluding hydrogens is 236 g/mol. The van der Waals surface area contributed by atoms with Crippen molar-refractivity contribution in [2.75, 3.05) is 20.1 Å². The quantitative estimate of drug-likeness (QED) is 0.824. The summed E-state index contributed by atoms with van der Waals surface area (Å²) in [6.45, 7) is 2.22. The summed E-state index contributed by atoms with van der Waals surface area (Å²) in [7, 11) is 1.99. The number of nitrogens with one attached hydrogen (secondary N) is 1. The number of fused-ring (bicyclic) bond motifs is 1. The Bertz CT molecular complexity index is 548. The van der Waals surface area contributed by atoms with Crippen molar-refractivity contribution in [2.24, 2.45) is 5.73 Å². The Hall–Kier alpha value is -1.24. The minimum absolute atomic E-state index is 0.0489. The van der Waals surface area contributed by atoms with Crippen molar-refractivity contribution in [3.8, 4) is 0 Å². The minimum Gasteiger partial charge on any atom is -0.330 e. The van der Waals surface area contributed by atoms with E-state index in [1.54, 1.807) is 0 Å². The van der Waals surface area contributed by atoms with Crippen LogP contribution < -0.4 is 11.3 Å². The molecule has 5 nitrogen and oxygen atoms in total. The van der Waals surface area contributed by atoms with Crippen molar-refractivity contribution < 1.29 is 0 Å². The van der Waals surface area contributed by atoms with Gasteiger partial charge < -0.3 is 10.7 Å². The second-order valence-electron chi connectivity index (χ2n) is 4.03. The molecule has 0 atom stereocenters. The van der Waals surface area contributed by atoms with Crippen LogP contribution in [0.1, 0.15) is 12.2 Å². The second-order valence-corrected chi connectivity index (χ2v) is 4.94. The van der Waals surface area contributed by atoms with Crippen LogP contribution in [0.5, 0.6) is 0 Å². The van der Waals surface area contributed by atoms with E-state index in [9.17, 15) is 4.79 Å². The minimum atomic E-state index is -0.0489. The van der Waals surface area contributed by atoms with E-state index < -0.39 is 0 Å². The average Bonchev–Trinajstić information content (AvgIpc) is 2.75. The van der Waals surface area contributed by atoms with Gasteiger partial charge in [0.15, 0.2) is 0 Å². The number of aromatic amines is 1. The molecule has 2 aromatic rings. The predicted molar refractivity (Wildman–Crippen MR) is 70.2 cm³/mol. The van der Waals surface area contributed by atoms with Gasteiger partial charge in [-0.3, -0.25) is 9.69 Å². The van der Waals surface area contributed by atoms with Crippen LogP contribution in [0, 0.1) is 0 Å². The molecule has 2 rings (SSSR count). The molecule has 0 aliphatic heterocycles. The molecule has 0 amide bonds. The lowest BCUT2D eigenvalue weighted by molar-refractivity contribution is 0.316. The molecule has 0 radical (unpaired) electrons. The van der Waals surface area contributed by atoms with E-state index in [1.165, 1.54) is 11.3 Å². The molecule has 0 bridgehead atoms. The number of nitrogens with two attached hydrogens (primary N) is 1. The summed E-state index contributed by atoms with van der Waals surface area (Å²) >= 11 is 1.42. The Labute approximate surface area is 103 Å². The Morgan fingerprint density at radius 2 is 2.41 bits per heavy atom. The molecule has 0 spiro atoms. The molecule has 2 heterocycles. The topological polar surface area (TPSA) is 75.0 Å². The van der Waals surface area contributed by atoms with Crippen LogP contribution in [-0.4, -0.2) is 35.0 Å². The first-order valence-corrected chi connectivity index (χ1v) is 6.43. The van der Waals surface area contributed by atoms with Crippen molar-refractivity contribution >= 4 is 21.6 Å². The van der Waals surface area contributed by atoms with Crippen LogP contribution in [-0.2, 0) is 6.54 Å². The maximum atomic E-state index is 11.7. The lowest BCUT2D eigenvalue weighted by atomic mass is 10.4. The summed E-state index contributed by atoms with van der Waals surface area (Å²) in [5.41, 5.74) is 6.19. The summed E-state index contributed by atoms with van der Waals surface area (Å²) < 4.78 is 0.693. The molecular formula is C11H16N4OS. The lowest BCUT2D eigenvalue weighted by Crippen LogP contribution is -2.24. The van der Waals surface area contributed by atoms with Crippen molar-refractivity contribution in [1.82, 2.24) is 14.9 Å². The number of hydrogen-bond donors (Lipinski definition) is 2. The summed E-state index contributed by atoms with van der Waals surface area (Å²) in [6, 6.07) is 1.87. The first kappa shape index (κ1) is 12.2. The third kappa shape index (κ3) is 2.91. The first-order chi connectivity index (χ1) is 8.20. The SMILES string of the molecule is CN(CCCN)Cc1nc2ccsc2c(=O)[nH]1. The number of hydrogen-bond acceptors (Lipinski definition) is 5. The second kappa shape index (κ2) is 5.39. The fraction of sp³-hybridized carbons (Fsp3) is 0.455. The van der Waals surface area contributed by atoms with Gasteiger partial charge in [0.1, 0.15) is 10.5 Å². The van der Waals surface area contributed by atoms with E-state index in [0.29, 0.717) is 23.6 Å². The van der Waals surface area contributed by atoms with Gasteiger partial charge in [0, 0.05) is 0 Å². The van der Waals surface area contributed by atoms with E-state index in [1.807, 2.05) is 18.5 Å². The first-order valence-electron chi connectivity index (χ1n) is 5.55. The zero-order chi connectivity index (χ0) is 12.3. The highest BCUT2D eigenvalue weighted by atomic mass is 32.1. The van der Waals surface area contributed by atoms with E-state index in [0.717, 1.165) is 18.5 Å². The van der Waals surface area contributed by atoms with Gasteiger partial charge in [-0.25, -0.2) is 4.98 Å². The fourth-order valence-corrected chi connectivity index (χ4v) is 2.42. The van der Waals surface area contributed by atoms with Crippen molar-refractivity contribution in [3.05, 3.63) is 27.6 Å². The van der Waals surface area contributed by atoms with E-state index >= 15 is 0 Å². The van der Waals surface area contributed by atoms with Crippen molar-refractivity contribution in [3.63, 3.8) is 0 Å². The van der Waals surface area contributed by atoms with Crippen LogP contribution in [0.25, 0.3) is 10.2 Å². The molecule has 0 unspecified atom stereocenters. The molecule has 6 heteroatoms. The number of aromatic nitrogens is 2. The Kier molecular flexibility index (Phi) is 3.88. The van der Waals surface area contributed by atoms with Crippen LogP contribution >= 0.6 is 11.3 Å². The van der Waals surface area contributed by atoms with E-state index in [2.05, 4.69) is 14.9 Å². The van der Waals surface area contributed by atoms with Gasteiger partial charge >= 0.3 is 0 Å². The van der Waals surface area contributed by atoms with Crippen LogP contribution in [0.4, 0.5) is 0 Å². The molecule has 0 saturated carbocycles. The van der Waals surface area contributed by atoms with E-state index in [4.69, 9.17) is 5.73 Å². The van der Waals surface area contributed by atoms with Gasteiger partial charge in [0.25, 0.3) is 5.56 Å². The molecule has 0 fully saturated rings. The Morgan fingerprint density at radius 3 is 3.18 bits per heavy atom. The highest BCUT2D eigenvalue weighted by Gasteiger charge is 2.06. The molecule has 3 N–H and O–H groups in total. The molecule has 0 saturated heterocycles. The number of rotatable bonds is 5. The molecule has 0 aliphatic rings. The smallest absolute Gasteiger partial charge is 0.268 e. The summed E-state index contributed by atoms with van der Waals surface area (Å²) in [5, 5.41) is 1.88. The summed E-state index contributed by atoms with van der Waals surface area (Å²) in [6.07, 6.45) is 0.946. The third-order valence-corrected chi connectivity index (χ3v) is 3.43. The Balaban J connectivity index is 2.16.